The molecule has 0 bridgehead atoms. The topological polar surface area (TPSA) is 67.4 Å². The number of hydrogen-bond donors (Lipinski definition) is 1. The summed E-state index contributed by atoms with van der Waals surface area (Å²) in [6, 6.07) is 21.9. The molecule has 0 atom stereocenters. The first-order valence-electron chi connectivity index (χ1n) is 10.8. The van der Waals surface area contributed by atoms with E-state index in [0.717, 1.165) is 48.8 Å². The number of aromatic nitrogens is 2. The van der Waals surface area contributed by atoms with Gasteiger partial charge in [-0.2, -0.15) is 0 Å². The van der Waals surface area contributed by atoms with Gasteiger partial charge in [-0.25, -0.2) is 0 Å². The minimum absolute atomic E-state index is 0.0344. The average molecular weight is 417 g/mol. The van der Waals surface area contributed by atoms with Gasteiger partial charge < -0.3 is 15.0 Å². The van der Waals surface area contributed by atoms with Crippen LogP contribution in [0.1, 0.15) is 18.4 Å². The first-order chi connectivity index (χ1) is 15.2. The highest BCUT2D eigenvalue weighted by Crippen LogP contribution is 2.25. The van der Waals surface area contributed by atoms with Crippen LogP contribution in [-0.2, 0) is 4.79 Å². The first-order valence-corrected chi connectivity index (χ1v) is 10.8. The molecule has 0 saturated carbocycles. The van der Waals surface area contributed by atoms with Crippen LogP contribution in [0.3, 0.4) is 0 Å². The van der Waals surface area contributed by atoms with Gasteiger partial charge >= 0.3 is 0 Å². The number of nitrogens with zero attached hydrogens (tertiary/aromatic N) is 3. The smallest absolute Gasteiger partial charge is 0.223 e. The molecule has 3 aromatic rings. The van der Waals surface area contributed by atoms with Crippen LogP contribution in [0, 0.1) is 12.8 Å². The third kappa shape index (κ3) is 5.40. The summed E-state index contributed by atoms with van der Waals surface area (Å²) in [5, 5.41) is 11.9. The molecule has 0 radical (unpaired) electrons. The molecule has 0 spiro atoms. The first kappa shape index (κ1) is 20.8. The van der Waals surface area contributed by atoms with Crippen LogP contribution in [0.15, 0.2) is 66.7 Å². The van der Waals surface area contributed by atoms with Gasteiger partial charge in [0.2, 0.25) is 5.91 Å². The Hall–Kier alpha value is -3.41. The highest BCUT2D eigenvalue weighted by molar-refractivity contribution is 5.79. The van der Waals surface area contributed by atoms with E-state index in [4.69, 9.17) is 4.74 Å². The predicted octanol–water partition coefficient (Wildman–Crippen LogP) is 3.86. The van der Waals surface area contributed by atoms with E-state index in [1.807, 2.05) is 54.6 Å². The molecule has 0 aliphatic carbocycles. The second kappa shape index (κ2) is 10.1. The van der Waals surface area contributed by atoms with Gasteiger partial charge in [-0.15, -0.1) is 10.2 Å². The van der Waals surface area contributed by atoms with E-state index in [1.165, 1.54) is 5.56 Å². The predicted molar refractivity (Wildman–Crippen MR) is 122 cm³/mol. The molecule has 1 N–H and O–H groups in total. The molecular weight excluding hydrogens is 388 g/mol. The number of anilines is 1. The van der Waals surface area contributed by atoms with Crippen molar-refractivity contribution in [2.45, 2.75) is 19.8 Å². The van der Waals surface area contributed by atoms with Crippen molar-refractivity contribution in [3.8, 4) is 17.0 Å². The summed E-state index contributed by atoms with van der Waals surface area (Å²) in [4.78, 5) is 14.7. The van der Waals surface area contributed by atoms with Crippen LogP contribution in [-0.4, -0.2) is 42.3 Å². The summed E-state index contributed by atoms with van der Waals surface area (Å²) in [6.45, 7) is 4.67. The standard InChI is InChI=1S/C25H28N4O2/c1-19-7-5-6-10-22(19)23-11-12-24(28-27-23)29-16-13-20(14-17-29)25(30)26-15-18-31-21-8-3-2-4-9-21/h2-12,20H,13-18H2,1H3,(H,26,30). The molecule has 1 aliphatic heterocycles. The monoisotopic (exact) mass is 416 g/mol. The number of carbonyl (C=O) groups excluding carboxylic acids is 1. The molecule has 6 heteroatoms. The minimum atomic E-state index is 0.0344. The fraction of sp³-hybridized carbons (Fsp3) is 0.320. The Balaban J connectivity index is 1.23. The number of carbonyl (C=O) groups is 1. The van der Waals surface area contributed by atoms with Crippen molar-refractivity contribution in [1.82, 2.24) is 15.5 Å². The number of para-hydroxylation sites is 1. The normalized spacial score (nSPS) is 14.3. The maximum Gasteiger partial charge on any atom is 0.223 e. The second-order valence-electron chi connectivity index (χ2n) is 7.81. The van der Waals surface area contributed by atoms with Gasteiger partial charge in [-0.1, -0.05) is 42.5 Å². The van der Waals surface area contributed by atoms with Crippen molar-refractivity contribution in [2.24, 2.45) is 5.92 Å². The summed E-state index contributed by atoms with van der Waals surface area (Å²) >= 11 is 0. The summed E-state index contributed by atoms with van der Waals surface area (Å²) in [6.07, 6.45) is 1.62. The Morgan fingerprint density at radius 2 is 1.74 bits per heavy atom. The van der Waals surface area contributed by atoms with Gasteiger partial charge in [0.05, 0.1) is 12.2 Å². The van der Waals surface area contributed by atoms with Gasteiger partial charge in [-0.3, -0.25) is 4.79 Å². The molecule has 1 amide bonds. The molecule has 160 valence electrons. The van der Waals surface area contributed by atoms with Crippen molar-refractivity contribution in [3.63, 3.8) is 0 Å². The fourth-order valence-corrected chi connectivity index (χ4v) is 3.87. The van der Waals surface area contributed by atoms with Gasteiger partial charge in [0, 0.05) is 24.6 Å². The lowest BCUT2D eigenvalue weighted by Crippen LogP contribution is -2.41. The van der Waals surface area contributed by atoms with Crippen LogP contribution in [0.25, 0.3) is 11.3 Å². The highest BCUT2D eigenvalue weighted by atomic mass is 16.5. The van der Waals surface area contributed by atoms with E-state index in [9.17, 15) is 4.79 Å². The van der Waals surface area contributed by atoms with Crippen molar-refractivity contribution in [1.29, 1.82) is 0 Å². The van der Waals surface area contributed by atoms with Crippen LogP contribution >= 0.6 is 0 Å². The SMILES string of the molecule is Cc1ccccc1-c1ccc(N2CCC(C(=O)NCCOc3ccccc3)CC2)nn1. The Kier molecular flexibility index (Phi) is 6.77. The Bertz CT molecular complexity index is 984. The Labute approximate surface area is 183 Å². The molecule has 4 rings (SSSR count). The molecule has 1 saturated heterocycles. The lowest BCUT2D eigenvalue weighted by atomic mass is 9.96. The van der Waals surface area contributed by atoms with E-state index in [1.54, 1.807) is 0 Å². The van der Waals surface area contributed by atoms with Crippen molar-refractivity contribution >= 4 is 11.7 Å². The minimum Gasteiger partial charge on any atom is -0.492 e. The number of rotatable bonds is 7. The fourth-order valence-electron chi connectivity index (χ4n) is 3.87. The number of amides is 1. The van der Waals surface area contributed by atoms with Crippen molar-refractivity contribution in [2.75, 3.05) is 31.1 Å². The van der Waals surface area contributed by atoms with E-state index in [-0.39, 0.29) is 11.8 Å². The van der Waals surface area contributed by atoms with E-state index < -0.39 is 0 Å². The molecule has 2 aromatic carbocycles. The van der Waals surface area contributed by atoms with Gasteiger partial charge in [0.1, 0.15) is 12.4 Å². The van der Waals surface area contributed by atoms with Crippen molar-refractivity contribution in [3.05, 3.63) is 72.3 Å². The van der Waals surface area contributed by atoms with Crippen LogP contribution in [0.4, 0.5) is 5.82 Å². The van der Waals surface area contributed by atoms with Crippen LogP contribution in [0.2, 0.25) is 0 Å². The average Bonchev–Trinajstić information content (AvgIpc) is 2.83. The molecule has 0 unspecified atom stereocenters. The molecule has 1 aliphatic rings. The highest BCUT2D eigenvalue weighted by Gasteiger charge is 2.25. The lowest BCUT2D eigenvalue weighted by molar-refractivity contribution is -0.125. The molecular formula is C25H28N4O2. The number of ether oxygens (including phenoxy) is 1. The maximum atomic E-state index is 12.5. The molecule has 1 fully saturated rings. The van der Waals surface area contributed by atoms with Gasteiger partial charge in [-0.05, 0) is 49.6 Å². The number of nitrogens with one attached hydrogen (secondary N) is 1. The third-order valence-corrected chi connectivity index (χ3v) is 5.67. The molecule has 2 heterocycles. The maximum absolute atomic E-state index is 12.5. The van der Waals surface area contributed by atoms with E-state index >= 15 is 0 Å². The molecule has 31 heavy (non-hydrogen) atoms. The summed E-state index contributed by atoms with van der Waals surface area (Å²) in [5.74, 6) is 1.83. The Morgan fingerprint density at radius 3 is 2.45 bits per heavy atom. The van der Waals surface area contributed by atoms with Gasteiger partial charge in [0.25, 0.3) is 0 Å². The van der Waals surface area contributed by atoms with E-state index in [0.29, 0.717) is 13.2 Å². The Morgan fingerprint density at radius 1 is 1.00 bits per heavy atom. The zero-order valence-electron chi connectivity index (χ0n) is 17.8. The van der Waals surface area contributed by atoms with Crippen LogP contribution < -0.4 is 15.0 Å². The zero-order valence-corrected chi connectivity index (χ0v) is 17.8. The number of benzene rings is 2. The van der Waals surface area contributed by atoms with Gasteiger partial charge in [0.15, 0.2) is 5.82 Å². The molecule has 6 nitrogen and oxygen atoms in total. The van der Waals surface area contributed by atoms with Crippen molar-refractivity contribution < 1.29 is 9.53 Å². The second-order valence-corrected chi connectivity index (χ2v) is 7.81. The summed E-state index contributed by atoms with van der Waals surface area (Å²) in [5.41, 5.74) is 3.17. The van der Waals surface area contributed by atoms with E-state index in [2.05, 4.69) is 39.5 Å². The molecule has 1 aromatic heterocycles. The quantitative estimate of drug-likeness (QED) is 0.593. The zero-order chi connectivity index (χ0) is 21.5. The van der Waals surface area contributed by atoms with Crippen LogP contribution in [0.5, 0.6) is 5.75 Å². The summed E-state index contributed by atoms with van der Waals surface area (Å²) in [7, 11) is 0. The number of hydrogen-bond acceptors (Lipinski definition) is 5. The number of piperidine rings is 1. The summed E-state index contributed by atoms with van der Waals surface area (Å²) < 4.78 is 5.63. The largest absolute Gasteiger partial charge is 0.492 e. The number of aryl methyl sites for hydroxylation is 1. The third-order valence-electron chi connectivity index (χ3n) is 5.67. The lowest BCUT2D eigenvalue weighted by Gasteiger charge is -2.31.